The maximum Gasteiger partial charge on any atom is 0.273 e. The maximum atomic E-state index is 13.2. The molecule has 0 bridgehead atoms. The van der Waals surface area contributed by atoms with Crippen molar-refractivity contribution in [3.8, 4) is 11.1 Å². The van der Waals surface area contributed by atoms with E-state index < -0.39 is 0 Å². The molecule has 0 spiro atoms. The Balaban J connectivity index is 2.01. The molecule has 0 unspecified atom stereocenters. The van der Waals surface area contributed by atoms with Gasteiger partial charge in [0.2, 0.25) is 0 Å². The van der Waals surface area contributed by atoms with E-state index in [1.54, 1.807) is 28.9 Å². The molecule has 3 aromatic rings. The second-order valence-corrected chi connectivity index (χ2v) is 5.19. The summed E-state index contributed by atoms with van der Waals surface area (Å²) in [6.07, 6.45) is 4.89. The van der Waals surface area contributed by atoms with E-state index in [-0.39, 0.29) is 11.7 Å². The third-order valence-electron chi connectivity index (χ3n) is 3.74. The molecular weight excluding hydrogens is 297 g/mol. The maximum absolute atomic E-state index is 13.2. The molecule has 4 rings (SSSR count). The predicted molar refractivity (Wildman–Crippen MR) is 82.8 cm³/mol. The van der Waals surface area contributed by atoms with E-state index in [2.05, 4.69) is 20.9 Å². The Morgan fingerprint density at radius 3 is 2.78 bits per heavy atom. The highest BCUT2D eigenvalue weighted by Gasteiger charge is 2.20. The minimum Gasteiger partial charge on any atom is -0.306 e. The van der Waals surface area contributed by atoms with E-state index in [9.17, 15) is 9.18 Å². The molecule has 6 nitrogen and oxygen atoms in total. The zero-order chi connectivity index (χ0) is 16.0. The molecule has 0 saturated carbocycles. The normalized spacial score (nSPS) is 13.4. The molecule has 0 radical (unpaired) electrons. The number of benzene rings is 1. The van der Waals surface area contributed by atoms with Crippen molar-refractivity contribution in [2.45, 2.75) is 6.92 Å². The largest absolute Gasteiger partial charge is 0.306 e. The van der Waals surface area contributed by atoms with Gasteiger partial charge in [-0.1, -0.05) is 12.1 Å². The highest BCUT2D eigenvalue weighted by atomic mass is 19.1. The Kier molecular flexibility index (Phi) is 2.87. The number of fused-ring (bicyclic) bond motifs is 3. The fourth-order valence-corrected chi connectivity index (χ4v) is 2.69. The lowest BCUT2D eigenvalue weighted by atomic mass is 10.1. The number of carbonyl (C=O) groups excluding carboxylic acids is 1. The third-order valence-corrected chi connectivity index (χ3v) is 3.74. The Morgan fingerprint density at radius 2 is 2.00 bits per heavy atom. The Hall–Kier alpha value is -3.22. The summed E-state index contributed by atoms with van der Waals surface area (Å²) in [7, 11) is 0. The molecule has 1 amide bonds. The molecule has 2 aromatic heterocycles. The zero-order valence-corrected chi connectivity index (χ0v) is 12.2. The SMILES string of the molecule is Cc1nn2c3c(cnc2c1-c1ccc(F)cc1)C(=O)NNC=C3. The molecule has 1 aromatic carbocycles. The van der Waals surface area contributed by atoms with Crippen LogP contribution in [0.5, 0.6) is 0 Å². The number of halogens is 1. The van der Waals surface area contributed by atoms with Crippen molar-refractivity contribution in [1.82, 2.24) is 25.4 Å². The summed E-state index contributed by atoms with van der Waals surface area (Å²) in [5.74, 6) is -0.578. The van der Waals surface area contributed by atoms with Crippen LogP contribution in [0.1, 0.15) is 21.7 Å². The van der Waals surface area contributed by atoms with Crippen LogP contribution in [0.2, 0.25) is 0 Å². The second kappa shape index (κ2) is 4.91. The summed E-state index contributed by atoms with van der Waals surface area (Å²) >= 11 is 0. The lowest BCUT2D eigenvalue weighted by Crippen LogP contribution is -2.32. The summed E-state index contributed by atoms with van der Waals surface area (Å²) in [6, 6.07) is 6.19. The van der Waals surface area contributed by atoms with E-state index >= 15 is 0 Å². The fourth-order valence-electron chi connectivity index (χ4n) is 2.69. The molecule has 2 N–H and O–H groups in total. The minimum atomic E-state index is -0.296. The first-order valence-corrected chi connectivity index (χ1v) is 7.02. The number of carbonyl (C=O) groups is 1. The van der Waals surface area contributed by atoms with Crippen LogP contribution < -0.4 is 10.9 Å². The monoisotopic (exact) mass is 309 g/mol. The van der Waals surface area contributed by atoms with Crippen LogP contribution >= 0.6 is 0 Å². The Bertz CT molecular complexity index is 959. The summed E-state index contributed by atoms with van der Waals surface area (Å²) in [6.45, 7) is 1.86. The molecule has 0 fully saturated rings. The van der Waals surface area contributed by atoms with E-state index in [0.717, 1.165) is 16.8 Å². The topological polar surface area (TPSA) is 71.3 Å². The van der Waals surface area contributed by atoms with Crippen LogP contribution in [0.15, 0.2) is 36.7 Å². The van der Waals surface area contributed by atoms with Gasteiger partial charge in [-0.25, -0.2) is 13.9 Å². The van der Waals surface area contributed by atoms with Crippen molar-refractivity contribution in [1.29, 1.82) is 0 Å². The van der Waals surface area contributed by atoms with Gasteiger partial charge in [0.25, 0.3) is 5.91 Å². The van der Waals surface area contributed by atoms with Gasteiger partial charge in [-0.15, -0.1) is 0 Å². The van der Waals surface area contributed by atoms with Crippen LogP contribution in [-0.4, -0.2) is 20.5 Å². The van der Waals surface area contributed by atoms with Gasteiger partial charge >= 0.3 is 0 Å². The molecule has 0 saturated heterocycles. The van der Waals surface area contributed by atoms with Crippen LogP contribution in [-0.2, 0) is 0 Å². The van der Waals surface area contributed by atoms with Gasteiger partial charge in [-0.3, -0.25) is 10.2 Å². The number of nitrogens with zero attached hydrogens (tertiary/aromatic N) is 3. The zero-order valence-electron chi connectivity index (χ0n) is 12.2. The summed E-state index contributed by atoms with van der Waals surface area (Å²) in [5, 5.41) is 4.50. The molecule has 1 aliphatic rings. The first-order valence-electron chi connectivity index (χ1n) is 7.02. The number of hydrazine groups is 1. The van der Waals surface area contributed by atoms with Gasteiger partial charge in [0, 0.05) is 18.0 Å². The number of hydrogen-bond donors (Lipinski definition) is 2. The van der Waals surface area contributed by atoms with Crippen LogP contribution in [0.3, 0.4) is 0 Å². The van der Waals surface area contributed by atoms with Crippen molar-refractivity contribution < 1.29 is 9.18 Å². The minimum absolute atomic E-state index is 0.282. The van der Waals surface area contributed by atoms with Gasteiger partial charge in [-0.05, 0) is 30.7 Å². The van der Waals surface area contributed by atoms with Crippen LogP contribution in [0, 0.1) is 12.7 Å². The summed E-state index contributed by atoms with van der Waals surface area (Å²) in [5.41, 5.74) is 9.27. The van der Waals surface area contributed by atoms with Crippen molar-refractivity contribution >= 4 is 17.6 Å². The molecule has 3 heterocycles. The van der Waals surface area contributed by atoms with Crippen molar-refractivity contribution in [3.05, 3.63) is 59.4 Å². The van der Waals surface area contributed by atoms with Gasteiger partial charge in [0.15, 0.2) is 5.65 Å². The Labute approximate surface area is 130 Å². The van der Waals surface area contributed by atoms with Crippen LogP contribution in [0.4, 0.5) is 4.39 Å². The van der Waals surface area contributed by atoms with Gasteiger partial charge in [0.1, 0.15) is 5.82 Å². The van der Waals surface area contributed by atoms with Crippen molar-refractivity contribution in [3.63, 3.8) is 0 Å². The number of rotatable bonds is 1. The molecule has 0 aliphatic carbocycles. The van der Waals surface area contributed by atoms with Gasteiger partial charge in [0.05, 0.1) is 17.0 Å². The highest BCUT2D eigenvalue weighted by molar-refractivity contribution is 5.98. The highest BCUT2D eigenvalue weighted by Crippen LogP contribution is 2.29. The van der Waals surface area contributed by atoms with E-state index in [4.69, 9.17) is 0 Å². The second-order valence-electron chi connectivity index (χ2n) is 5.19. The first kappa shape index (κ1) is 13.4. The number of aryl methyl sites for hydroxylation is 1. The standard InChI is InChI=1S/C16H12FN5O/c1-9-14(10-2-4-11(17)5-3-10)15-18-8-12-13(22(15)21-9)6-7-19-20-16(12)23/h2-8,19H,1H3,(H,20,23). The van der Waals surface area contributed by atoms with E-state index in [1.165, 1.54) is 18.3 Å². The number of hydrogen-bond acceptors (Lipinski definition) is 4. The lowest BCUT2D eigenvalue weighted by molar-refractivity contribution is 0.0941. The lowest BCUT2D eigenvalue weighted by Gasteiger charge is -2.05. The smallest absolute Gasteiger partial charge is 0.273 e. The van der Waals surface area contributed by atoms with Crippen molar-refractivity contribution in [2.24, 2.45) is 0 Å². The van der Waals surface area contributed by atoms with Gasteiger partial charge < -0.3 is 5.43 Å². The molecule has 7 heteroatoms. The average molecular weight is 309 g/mol. The molecule has 1 aliphatic heterocycles. The van der Waals surface area contributed by atoms with Crippen molar-refractivity contribution in [2.75, 3.05) is 0 Å². The van der Waals surface area contributed by atoms with E-state index in [0.29, 0.717) is 16.9 Å². The van der Waals surface area contributed by atoms with E-state index in [1.807, 2.05) is 6.92 Å². The molecule has 23 heavy (non-hydrogen) atoms. The summed E-state index contributed by atoms with van der Waals surface area (Å²) < 4.78 is 14.8. The Morgan fingerprint density at radius 1 is 1.22 bits per heavy atom. The quantitative estimate of drug-likeness (QED) is 0.722. The average Bonchev–Trinajstić information content (AvgIpc) is 2.76. The number of amides is 1. The summed E-state index contributed by atoms with van der Waals surface area (Å²) in [4.78, 5) is 16.4. The fraction of sp³-hybridized carbons (Fsp3) is 0.0625. The molecule has 0 atom stereocenters. The van der Waals surface area contributed by atoms with Crippen LogP contribution in [0.25, 0.3) is 22.9 Å². The number of aromatic nitrogens is 3. The molecule has 114 valence electrons. The third kappa shape index (κ3) is 2.05. The van der Waals surface area contributed by atoms with Gasteiger partial charge in [-0.2, -0.15) is 5.10 Å². The first-order chi connectivity index (χ1) is 11.1. The number of nitrogens with one attached hydrogen (secondary N) is 2. The molecular formula is C16H12FN5O. The predicted octanol–water partition coefficient (Wildman–Crippen LogP) is 2.06.